The number of nitrogens with zero attached hydrogens (tertiary/aromatic N) is 1. The van der Waals surface area contributed by atoms with Crippen LogP contribution in [0.2, 0.25) is 0 Å². The standard InChI is InChI=1S/C22H25N3O2/c1-12-8-9-25-19(27)21-10-14-13-6-4-5-7-15(13)23-17(14)20(2,3)16(21)11-22(12,25)18(26)24-21/h4-7,12,16,23H,8-11H2,1-3H3,(H,24,26)/t12-,16-,21+,22+/m0/s1. The molecule has 4 atom stereocenters. The summed E-state index contributed by atoms with van der Waals surface area (Å²) in [6.07, 6.45) is 2.27. The summed E-state index contributed by atoms with van der Waals surface area (Å²) in [6.45, 7) is 7.33. The van der Waals surface area contributed by atoms with Gasteiger partial charge in [0.1, 0.15) is 11.1 Å². The number of hydrogen-bond acceptors (Lipinski definition) is 2. The van der Waals surface area contributed by atoms with Crippen molar-refractivity contribution >= 4 is 22.7 Å². The van der Waals surface area contributed by atoms with Gasteiger partial charge in [-0.3, -0.25) is 9.59 Å². The van der Waals surface area contributed by atoms with E-state index < -0.39 is 11.1 Å². The zero-order chi connectivity index (χ0) is 18.8. The predicted octanol–water partition coefficient (Wildman–Crippen LogP) is 2.50. The first-order valence-corrected chi connectivity index (χ1v) is 10.1. The summed E-state index contributed by atoms with van der Waals surface area (Å²) in [4.78, 5) is 32.6. The molecular formula is C22H25N3O2. The van der Waals surface area contributed by atoms with Crippen molar-refractivity contribution in [3.63, 3.8) is 0 Å². The Morgan fingerprint density at radius 2 is 1.96 bits per heavy atom. The number of H-pyrrole nitrogens is 1. The molecule has 140 valence electrons. The van der Waals surface area contributed by atoms with Crippen LogP contribution in [0.4, 0.5) is 0 Å². The van der Waals surface area contributed by atoms with Crippen LogP contribution in [-0.4, -0.2) is 39.3 Å². The SMILES string of the molecule is C[C@H]1CCN2C(=O)[C@@]34Cc5c([nH]c6ccccc56)C(C)(C)[C@@H]3C[C@]12C(=O)N4. The molecule has 0 unspecified atom stereocenters. The van der Waals surface area contributed by atoms with Crippen LogP contribution in [0.1, 0.15) is 44.9 Å². The highest BCUT2D eigenvalue weighted by Crippen LogP contribution is 2.60. The number of amides is 2. The molecule has 2 aromatic rings. The van der Waals surface area contributed by atoms with Gasteiger partial charge in [0.25, 0.3) is 0 Å². The molecule has 5 heterocycles. The first kappa shape index (κ1) is 15.7. The van der Waals surface area contributed by atoms with Crippen molar-refractivity contribution in [3.05, 3.63) is 35.5 Å². The molecule has 5 heteroatoms. The van der Waals surface area contributed by atoms with E-state index in [-0.39, 0.29) is 29.1 Å². The summed E-state index contributed by atoms with van der Waals surface area (Å²) in [6, 6.07) is 8.31. The zero-order valence-corrected chi connectivity index (χ0v) is 16.1. The second-order valence-electron chi connectivity index (χ2n) is 9.68. The van der Waals surface area contributed by atoms with Gasteiger partial charge in [-0.25, -0.2) is 0 Å². The molecule has 2 spiro atoms. The van der Waals surface area contributed by atoms with E-state index in [1.807, 2.05) is 17.0 Å². The quantitative estimate of drug-likeness (QED) is 0.755. The number of fused-ring (bicyclic) bond motifs is 4. The van der Waals surface area contributed by atoms with Gasteiger partial charge >= 0.3 is 0 Å². The highest BCUT2D eigenvalue weighted by Gasteiger charge is 2.74. The van der Waals surface area contributed by atoms with Crippen LogP contribution in [0.3, 0.4) is 0 Å². The molecule has 5 nitrogen and oxygen atoms in total. The zero-order valence-electron chi connectivity index (χ0n) is 16.1. The molecule has 4 saturated heterocycles. The number of aromatic nitrogens is 1. The van der Waals surface area contributed by atoms with E-state index in [1.54, 1.807) is 0 Å². The molecule has 1 aliphatic carbocycles. The van der Waals surface area contributed by atoms with Crippen molar-refractivity contribution in [1.82, 2.24) is 15.2 Å². The predicted molar refractivity (Wildman–Crippen MR) is 102 cm³/mol. The lowest BCUT2D eigenvalue weighted by molar-refractivity contribution is -0.182. The average molecular weight is 363 g/mol. The number of piperidine rings is 2. The third-order valence-corrected chi connectivity index (χ3v) is 8.33. The van der Waals surface area contributed by atoms with Crippen LogP contribution in [0.5, 0.6) is 0 Å². The fraction of sp³-hybridized carbons (Fsp3) is 0.545. The lowest BCUT2D eigenvalue weighted by Gasteiger charge is -2.64. The molecule has 1 aromatic carbocycles. The van der Waals surface area contributed by atoms with Gasteiger partial charge in [-0.2, -0.15) is 0 Å². The molecule has 5 aliphatic rings. The second-order valence-corrected chi connectivity index (χ2v) is 9.68. The van der Waals surface area contributed by atoms with E-state index in [0.29, 0.717) is 13.0 Å². The van der Waals surface area contributed by atoms with Crippen LogP contribution >= 0.6 is 0 Å². The van der Waals surface area contributed by atoms with Crippen LogP contribution in [-0.2, 0) is 21.4 Å². The fourth-order valence-electron chi connectivity index (χ4n) is 6.89. The van der Waals surface area contributed by atoms with Crippen molar-refractivity contribution in [2.75, 3.05) is 6.54 Å². The molecule has 0 radical (unpaired) electrons. The van der Waals surface area contributed by atoms with Gasteiger partial charge in [0.05, 0.1) is 0 Å². The van der Waals surface area contributed by atoms with Crippen molar-refractivity contribution in [3.8, 4) is 0 Å². The van der Waals surface area contributed by atoms with Crippen LogP contribution in [0.25, 0.3) is 10.9 Å². The lowest BCUT2D eigenvalue weighted by atomic mass is 9.50. The van der Waals surface area contributed by atoms with E-state index in [9.17, 15) is 9.59 Å². The monoisotopic (exact) mass is 363 g/mol. The minimum Gasteiger partial charge on any atom is -0.358 e. The second kappa shape index (κ2) is 4.40. The molecule has 2 N–H and O–H groups in total. The fourth-order valence-corrected chi connectivity index (χ4v) is 6.89. The van der Waals surface area contributed by atoms with E-state index in [0.717, 1.165) is 18.4 Å². The van der Waals surface area contributed by atoms with Crippen molar-refractivity contribution in [2.45, 2.75) is 56.5 Å². The molecule has 0 saturated carbocycles. The van der Waals surface area contributed by atoms with Gasteiger partial charge in [-0.05, 0) is 30.4 Å². The van der Waals surface area contributed by atoms with Gasteiger partial charge in [0.2, 0.25) is 11.8 Å². The van der Waals surface area contributed by atoms with Crippen molar-refractivity contribution in [2.24, 2.45) is 11.8 Å². The number of carbonyl (C=O) groups is 2. The topological polar surface area (TPSA) is 65.2 Å². The first-order chi connectivity index (χ1) is 12.8. The Morgan fingerprint density at radius 3 is 2.78 bits per heavy atom. The molecule has 27 heavy (non-hydrogen) atoms. The van der Waals surface area contributed by atoms with Crippen LogP contribution in [0.15, 0.2) is 24.3 Å². The Morgan fingerprint density at radius 1 is 1.19 bits per heavy atom. The van der Waals surface area contributed by atoms with Crippen LogP contribution < -0.4 is 5.32 Å². The average Bonchev–Trinajstić information content (AvgIpc) is 3.17. The maximum Gasteiger partial charge on any atom is 0.249 e. The maximum absolute atomic E-state index is 13.8. The van der Waals surface area contributed by atoms with E-state index in [1.165, 1.54) is 16.6 Å². The van der Waals surface area contributed by atoms with Crippen LogP contribution in [0, 0.1) is 11.8 Å². The molecular weight excluding hydrogens is 338 g/mol. The Labute approximate surface area is 158 Å². The number of rotatable bonds is 0. The summed E-state index contributed by atoms with van der Waals surface area (Å²) in [5.74, 6) is 0.529. The maximum atomic E-state index is 13.8. The summed E-state index contributed by atoms with van der Waals surface area (Å²) < 4.78 is 0. The normalized spacial score (nSPS) is 38.6. The number of piperazine rings is 1. The van der Waals surface area contributed by atoms with Gasteiger partial charge in [0, 0.05) is 40.9 Å². The smallest absolute Gasteiger partial charge is 0.249 e. The Bertz CT molecular complexity index is 1040. The van der Waals surface area contributed by atoms with Gasteiger partial charge in [0.15, 0.2) is 0 Å². The lowest BCUT2D eigenvalue weighted by Crippen LogP contribution is -2.85. The first-order valence-electron chi connectivity index (χ1n) is 10.1. The van der Waals surface area contributed by atoms with E-state index in [4.69, 9.17) is 0 Å². The largest absolute Gasteiger partial charge is 0.358 e. The van der Waals surface area contributed by atoms with Gasteiger partial charge < -0.3 is 15.2 Å². The van der Waals surface area contributed by atoms with E-state index >= 15 is 0 Å². The summed E-state index contributed by atoms with van der Waals surface area (Å²) in [5, 5.41) is 4.45. The van der Waals surface area contributed by atoms with Crippen molar-refractivity contribution in [1.29, 1.82) is 0 Å². The molecule has 2 bridgehead atoms. The summed E-state index contributed by atoms with van der Waals surface area (Å²) >= 11 is 0. The number of benzene rings is 1. The number of hydrogen-bond donors (Lipinski definition) is 2. The highest BCUT2D eigenvalue weighted by molar-refractivity contribution is 6.06. The molecule has 4 fully saturated rings. The number of nitrogens with one attached hydrogen (secondary N) is 2. The van der Waals surface area contributed by atoms with Gasteiger partial charge in [-0.15, -0.1) is 0 Å². The highest BCUT2D eigenvalue weighted by atomic mass is 16.2. The van der Waals surface area contributed by atoms with Gasteiger partial charge in [-0.1, -0.05) is 39.0 Å². The molecule has 1 aromatic heterocycles. The minimum absolute atomic E-state index is 0.0717. The third kappa shape index (κ3) is 1.48. The third-order valence-electron chi connectivity index (χ3n) is 8.33. The molecule has 4 aliphatic heterocycles. The molecule has 2 amide bonds. The number of para-hydroxylation sites is 1. The number of carbonyl (C=O) groups excluding carboxylic acids is 2. The Balaban J connectivity index is 1.63. The Kier molecular flexibility index (Phi) is 2.56. The summed E-state index contributed by atoms with van der Waals surface area (Å²) in [7, 11) is 0. The molecule has 7 rings (SSSR count). The Hall–Kier alpha value is -2.30. The summed E-state index contributed by atoms with van der Waals surface area (Å²) in [5.41, 5.74) is 1.89. The number of aromatic amines is 1. The van der Waals surface area contributed by atoms with E-state index in [2.05, 4.69) is 43.2 Å². The van der Waals surface area contributed by atoms with Crippen molar-refractivity contribution < 1.29 is 9.59 Å². The minimum atomic E-state index is -0.801.